The van der Waals surface area contributed by atoms with Crippen molar-refractivity contribution < 1.29 is 8.42 Å². The summed E-state index contributed by atoms with van der Waals surface area (Å²) in [5.74, 6) is 0. The molecule has 5 heteroatoms. The molecule has 1 aromatic heterocycles. The lowest BCUT2D eigenvalue weighted by atomic mass is 10.0. The van der Waals surface area contributed by atoms with Gasteiger partial charge in [0.1, 0.15) is 0 Å². The maximum Gasteiger partial charge on any atom is 0.213 e. The Hall–Kier alpha value is -1.17. The standard InChI is InChI=1S/C16H21NO2S2/c1-13(2)21(18,19)17-10-3-4-14-5-7-15(8-6-14)16-9-11-20-12-16/h5-9,11-13,17H,3-4,10H2,1-2H3. The van der Waals surface area contributed by atoms with Crippen LogP contribution in [0.2, 0.25) is 0 Å². The molecule has 0 fully saturated rings. The van der Waals surface area contributed by atoms with Crippen molar-refractivity contribution in [3.05, 3.63) is 46.7 Å². The molecule has 1 heterocycles. The third-order valence-electron chi connectivity index (χ3n) is 3.37. The number of nitrogens with one attached hydrogen (secondary N) is 1. The zero-order valence-corrected chi connectivity index (χ0v) is 14.0. The number of benzene rings is 1. The zero-order valence-electron chi connectivity index (χ0n) is 12.4. The average molecular weight is 323 g/mol. The Morgan fingerprint density at radius 2 is 1.81 bits per heavy atom. The smallest absolute Gasteiger partial charge is 0.213 e. The Morgan fingerprint density at radius 3 is 2.38 bits per heavy atom. The second-order valence-electron chi connectivity index (χ2n) is 5.30. The molecule has 114 valence electrons. The topological polar surface area (TPSA) is 46.2 Å². The van der Waals surface area contributed by atoms with Crippen molar-refractivity contribution >= 4 is 21.4 Å². The molecular weight excluding hydrogens is 302 g/mol. The number of aryl methyl sites for hydroxylation is 1. The van der Waals surface area contributed by atoms with Gasteiger partial charge in [-0.25, -0.2) is 13.1 Å². The molecule has 0 bridgehead atoms. The lowest BCUT2D eigenvalue weighted by Gasteiger charge is -2.09. The molecule has 0 aliphatic heterocycles. The third-order valence-corrected chi connectivity index (χ3v) is 5.91. The molecule has 2 aromatic rings. The van der Waals surface area contributed by atoms with E-state index < -0.39 is 10.0 Å². The highest BCUT2D eigenvalue weighted by Gasteiger charge is 2.13. The summed E-state index contributed by atoms with van der Waals surface area (Å²) >= 11 is 1.69. The molecule has 0 atom stereocenters. The monoisotopic (exact) mass is 323 g/mol. The Bertz CT molecular complexity index is 644. The van der Waals surface area contributed by atoms with Crippen molar-refractivity contribution in [2.24, 2.45) is 0 Å². The van der Waals surface area contributed by atoms with Gasteiger partial charge in [-0.15, -0.1) is 0 Å². The van der Waals surface area contributed by atoms with Crippen LogP contribution in [0.4, 0.5) is 0 Å². The first-order valence-electron chi connectivity index (χ1n) is 7.09. The van der Waals surface area contributed by atoms with E-state index in [1.165, 1.54) is 16.7 Å². The minimum atomic E-state index is -3.14. The molecule has 1 aromatic carbocycles. The first kappa shape index (κ1) is 16.2. The fraction of sp³-hybridized carbons (Fsp3) is 0.375. The van der Waals surface area contributed by atoms with Crippen LogP contribution in [0.3, 0.4) is 0 Å². The van der Waals surface area contributed by atoms with E-state index in [9.17, 15) is 8.42 Å². The fourth-order valence-electron chi connectivity index (χ4n) is 1.97. The predicted octanol–water partition coefficient (Wildman–Crippen LogP) is 3.68. The van der Waals surface area contributed by atoms with Crippen molar-refractivity contribution in [1.29, 1.82) is 0 Å². The molecule has 0 saturated heterocycles. The molecule has 0 amide bonds. The number of rotatable bonds is 7. The van der Waals surface area contributed by atoms with Crippen LogP contribution in [0.5, 0.6) is 0 Å². The van der Waals surface area contributed by atoms with Crippen LogP contribution in [0.25, 0.3) is 11.1 Å². The second-order valence-corrected chi connectivity index (χ2v) is 8.40. The van der Waals surface area contributed by atoms with Crippen molar-refractivity contribution in [2.45, 2.75) is 31.9 Å². The van der Waals surface area contributed by atoms with E-state index in [2.05, 4.69) is 45.8 Å². The lowest BCUT2D eigenvalue weighted by Crippen LogP contribution is -2.31. The Kier molecular flexibility index (Phi) is 5.56. The molecule has 0 radical (unpaired) electrons. The lowest BCUT2D eigenvalue weighted by molar-refractivity contribution is 0.570. The highest BCUT2D eigenvalue weighted by atomic mass is 32.2. The number of sulfonamides is 1. The largest absolute Gasteiger partial charge is 0.215 e. The van der Waals surface area contributed by atoms with Crippen molar-refractivity contribution in [2.75, 3.05) is 6.54 Å². The van der Waals surface area contributed by atoms with E-state index >= 15 is 0 Å². The van der Waals surface area contributed by atoms with Crippen molar-refractivity contribution in [3.8, 4) is 11.1 Å². The minimum absolute atomic E-state index is 0.373. The van der Waals surface area contributed by atoms with Crippen molar-refractivity contribution in [3.63, 3.8) is 0 Å². The molecule has 0 spiro atoms. The third kappa shape index (κ3) is 4.66. The molecule has 1 N–H and O–H groups in total. The predicted molar refractivity (Wildman–Crippen MR) is 90.1 cm³/mol. The van der Waals surface area contributed by atoms with Crippen LogP contribution in [0.1, 0.15) is 25.8 Å². The van der Waals surface area contributed by atoms with E-state index in [1.807, 2.05) is 0 Å². The zero-order chi connectivity index (χ0) is 15.3. The maximum absolute atomic E-state index is 11.6. The number of hydrogen-bond acceptors (Lipinski definition) is 3. The normalized spacial score (nSPS) is 12.0. The first-order valence-corrected chi connectivity index (χ1v) is 9.58. The fourth-order valence-corrected chi connectivity index (χ4v) is 3.39. The van der Waals surface area contributed by atoms with E-state index in [0.29, 0.717) is 6.54 Å². The molecule has 0 aliphatic carbocycles. The van der Waals surface area contributed by atoms with Gasteiger partial charge in [-0.1, -0.05) is 24.3 Å². The summed E-state index contributed by atoms with van der Waals surface area (Å²) in [5, 5.41) is 3.84. The number of thiophene rings is 1. The van der Waals surface area contributed by atoms with Gasteiger partial charge in [-0.3, -0.25) is 0 Å². The van der Waals surface area contributed by atoms with Gasteiger partial charge < -0.3 is 0 Å². The molecule has 21 heavy (non-hydrogen) atoms. The van der Waals surface area contributed by atoms with E-state index in [-0.39, 0.29) is 5.25 Å². The summed E-state index contributed by atoms with van der Waals surface area (Å²) in [6.45, 7) is 3.86. The molecule has 0 saturated carbocycles. The molecular formula is C16H21NO2S2. The summed E-state index contributed by atoms with van der Waals surface area (Å²) in [5.41, 5.74) is 3.70. The van der Waals surface area contributed by atoms with Crippen LogP contribution in [-0.2, 0) is 16.4 Å². The van der Waals surface area contributed by atoms with Gasteiger partial charge in [0.15, 0.2) is 0 Å². The van der Waals surface area contributed by atoms with Crippen LogP contribution >= 0.6 is 11.3 Å². The summed E-state index contributed by atoms with van der Waals surface area (Å²) in [7, 11) is -3.14. The maximum atomic E-state index is 11.6. The summed E-state index contributed by atoms with van der Waals surface area (Å²) in [4.78, 5) is 0. The molecule has 3 nitrogen and oxygen atoms in total. The van der Waals surface area contributed by atoms with E-state index in [0.717, 1.165) is 12.8 Å². The van der Waals surface area contributed by atoms with Gasteiger partial charge in [0, 0.05) is 6.54 Å². The quantitative estimate of drug-likeness (QED) is 0.790. The van der Waals surface area contributed by atoms with Gasteiger partial charge in [-0.2, -0.15) is 11.3 Å². The SMILES string of the molecule is CC(C)S(=O)(=O)NCCCc1ccc(-c2ccsc2)cc1. The van der Waals surface area contributed by atoms with Gasteiger partial charge in [0.2, 0.25) is 10.0 Å². The van der Waals surface area contributed by atoms with Gasteiger partial charge in [0.05, 0.1) is 5.25 Å². The highest BCUT2D eigenvalue weighted by Crippen LogP contribution is 2.22. The van der Waals surface area contributed by atoms with Crippen molar-refractivity contribution in [1.82, 2.24) is 4.72 Å². The van der Waals surface area contributed by atoms with Crippen LogP contribution in [0.15, 0.2) is 41.1 Å². The molecule has 0 aliphatic rings. The van der Waals surface area contributed by atoms with Crippen LogP contribution in [0, 0.1) is 0 Å². The molecule has 2 rings (SSSR count). The number of hydrogen-bond donors (Lipinski definition) is 1. The van der Waals surface area contributed by atoms with Gasteiger partial charge in [0.25, 0.3) is 0 Å². The minimum Gasteiger partial charge on any atom is -0.215 e. The molecule has 0 unspecified atom stereocenters. The van der Waals surface area contributed by atoms with Crippen LogP contribution in [-0.4, -0.2) is 20.2 Å². The summed E-state index contributed by atoms with van der Waals surface area (Å²) in [6, 6.07) is 10.6. The van der Waals surface area contributed by atoms with E-state index in [1.54, 1.807) is 25.2 Å². The first-order chi connectivity index (χ1) is 9.99. The van der Waals surface area contributed by atoms with E-state index in [4.69, 9.17) is 0 Å². The summed E-state index contributed by atoms with van der Waals surface area (Å²) < 4.78 is 25.9. The average Bonchev–Trinajstić information content (AvgIpc) is 2.98. The highest BCUT2D eigenvalue weighted by molar-refractivity contribution is 7.90. The Balaban J connectivity index is 1.82. The second kappa shape index (κ2) is 7.20. The van der Waals surface area contributed by atoms with Gasteiger partial charge in [-0.05, 0) is 60.2 Å². The Morgan fingerprint density at radius 1 is 1.10 bits per heavy atom. The Labute approximate surface area is 131 Å². The van der Waals surface area contributed by atoms with Gasteiger partial charge >= 0.3 is 0 Å². The van der Waals surface area contributed by atoms with Crippen LogP contribution < -0.4 is 4.72 Å². The summed E-state index contributed by atoms with van der Waals surface area (Å²) in [6.07, 6.45) is 1.69.